The van der Waals surface area contributed by atoms with E-state index in [4.69, 9.17) is 0 Å². The zero-order valence-corrected chi connectivity index (χ0v) is 21.6. The van der Waals surface area contributed by atoms with E-state index >= 15 is 0 Å². The minimum atomic E-state index is -0.809. The molecule has 0 atom stereocenters. The van der Waals surface area contributed by atoms with Gasteiger partial charge in [0.2, 0.25) is 0 Å². The molecule has 0 aromatic heterocycles. The van der Waals surface area contributed by atoms with Crippen molar-refractivity contribution in [1.29, 1.82) is 0 Å². The van der Waals surface area contributed by atoms with E-state index in [0.717, 1.165) is 73.4 Å². The summed E-state index contributed by atoms with van der Waals surface area (Å²) >= 11 is 0. The van der Waals surface area contributed by atoms with Gasteiger partial charge in [0.25, 0.3) is 0 Å². The average molecular weight is 469 g/mol. The number of aldehydes is 1. The monoisotopic (exact) mass is 468 g/mol. The Hall–Kier alpha value is -2.56. The summed E-state index contributed by atoms with van der Waals surface area (Å²) in [5.74, 6) is 0.0242. The molecule has 5 heteroatoms. The van der Waals surface area contributed by atoms with E-state index in [9.17, 15) is 14.7 Å². The molecule has 1 aromatic carbocycles. The second-order valence-corrected chi connectivity index (χ2v) is 9.90. The molecule has 5 nitrogen and oxygen atoms in total. The predicted octanol–water partition coefficient (Wildman–Crippen LogP) is 6.97. The molecule has 188 valence electrons. The molecule has 0 bridgehead atoms. The van der Waals surface area contributed by atoms with Crippen LogP contribution in [0.4, 0.5) is 5.69 Å². The smallest absolute Gasteiger partial charge is 0.337 e. The third kappa shape index (κ3) is 8.34. The first-order valence-electron chi connectivity index (χ1n) is 13.0. The zero-order valence-electron chi connectivity index (χ0n) is 21.6. The summed E-state index contributed by atoms with van der Waals surface area (Å²) in [5.41, 5.74) is 4.30. The van der Waals surface area contributed by atoms with Gasteiger partial charge in [0.1, 0.15) is 6.29 Å². The number of carbonyl (C=O) groups excluding carboxylic acids is 1. The summed E-state index contributed by atoms with van der Waals surface area (Å²) < 4.78 is 0. The van der Waals surface area contributed by atoms with E-state index in [0.29, 0.717) is 5.57 Å². The fourth-order valence-corrected chi connectivity index (χ4v) is 4.72. The molecule has 2 saturated carbocycles. The van der Waals surface area contributed by atoms with Crippen LogP contribution in [0.1, 0.15) is 95.3 Å². The van der Waals surface area contributed by atoms with Gasteiger partial charge in [0.05, 0.1) is 5.57 Å². The van der Waals surface area contributed by atoms with Gasteiger partial charge in [-0.05, 0) is 86.6 Å². The van der Waals surface area contributed by atoms with E-state index in [1.54, 1.807) is 0 Å². The van der Waals surface area contributed by atoms with Gasteiger partial charge in [0, 0.05) is 30.5 Å². The van der Waals surface area contributed by atoms with Gasteiger partial charge in [-0.15, -0.1) is 0 Å². The van der Waals surface area contributed by atoms with E-state index in [2.05, 4.69) is 24.5 Å². The van der Waals surface area contributed by atoms with E-state index in [1.807, 2.05) is 44.3 Å². The maximum Gasteiger partial charge on any atom is 0.337 e. The van der Waals surface area contributed by atoms with Gasteiger partial charge in [-0.1, -0.05) is 45.6 Å². The van der Waals surface area contributed by atoms with Crippen LogP contribution in [0.2, 0.25) is 0 Å². The van der Waals surface area contributed by atoms with Crippen LogP contribution >= 0.6 is 0 Å². The molecule has 0 saturated heterocycles. The van der Waals surface area contributed by atoms with Crippen LogP contribution in [0.5, 0.6) is 0 Å². The minimum absolute atomic E-state index is 0.0801. The lowest BCUT2D eigenvalue weighted by atomic mass is 9.88. The lowest BCUT2D eigenvalue weighted by molar-refractivity contribution is -0.132. The molecular formula is C29H44N2O3. The summed E-state index contributed by atoms with van der Waals surface area (Å²) in [7, 11) is 1.82. The summed E-state index contributed by atoms with van der Waals surface area (Å²) in [6, 6.07) is 7.67. The highest BCUT2D eigenvalue weighted by atomic mass is 16.4. The molecule has 34 heavy (non-hydrogen) atoms. The number of nitrogens with one attached hydrogen (secondary N) is 2. The Kier molecular flexibility index (Phi) is 11.4. The SMILES string of the molecule is C/C=C(\C(C(=O)O)=C(/CCCC)NC)C1(C)CC1.O=Cc1ccc(NCC2CCCCC2)cc1. The lowest BCUT2D eigenvalue weighted by Crippen LogP contribution is -2.19. The summed E-state index contributed by atoms with van der Waals surface area (Å²) in [6.07, 6.45) is 14.8. The van der Waals surface area contributed by atoms with Crippen LogP contribution in [-0.4, -0.2) is 31.0 Å². The van der Waals surface area contributed by atoms with Crippen molar-refractivity contribution in [3.63, 3.8) is 0 Å². The molecule has 0 aliphatic heterocycles. The van der Waals surface area contributed by atoms with Crippen molar-refractivity contribution in [1.82, 2.24) is 5.32 Å². The second-order valence-electron chi connectivity index (χ2n) is 9.90. The van der Waals surface area contributed by atoms with Gasteiger partial charge < -0.3 is 15.7 Å². The number of rotatable bonds is 11. The Morgan fingerprint density at radius 3 is 2.26 bits per heavy atom. The molecule has 0 radical (unpaired) electrons. The number of carbonyl (C=O) groups is 2. The van der Waals surface area contributed by atoms with Gasteiger partial charge in [0.15, 0.2) is 0 Å². The van der Waals surface area contributed by atoms with Gasteiger partial charge in [-0.25, -0.2) is 4.79 Å². The Labute approximate surface area is 206 Å². The Bertz CT molecular complexity index is 845. The summed E-state index contributed by atoms with van der Waals surface area (Å²) in [6.45, 7) is 7.28. The van der Waals surface area contributed by atoms with Crippen LogP contribution < -0.4 is 10.6 Å². The van der Waals surface area contributed by atoms with Crippen molar-refractivity contribution < 1.29 is 14.7 Å². The molecule has 2 aliphatic rings. The van der Waals surface area contributed by atoms with Gasteiger partial charge in [-0.3, -0.25) is 4.79 Å². The third-order valence-corrected chi connectivity index (χ3v) is 7.17. The number of hydrogen-bond donors (Lipinski definition) is 3. The Balaban J connectivity index is 0.000000241. The molecule has 0 amide bonds. The number of allylic oxidation sites excluding steroid dienone is 2. The Morgan fingerprint density at radius 2 is 1.79 bits per heavy atom. The normalized spacial score (nSPS) is 18.2. The number of carboxylic acid groups (broad SMARTS) is 1. The topological polar surface area (TPSA) is 78.4 Å². The maximum absolute atomic E-state index is 11.6. The molecule has 2 fully saturated rings. The van der Waals surface area contributed by atoms with Gasteiger partial charge >= 0.3 is 5.97 Å². The van der Waals surface area contributed by atoms with Crippen LogP contribution in [0, 0.1) is 11.3 Å². The number of hydrogen-bond acceptors (Lipinski definition) is 4. The number of unbranched alkanes of at least 4 members (excludes halogenated alkanes) is 1. The average Bonchev–Trinajstić information content (AvgIpc) is 3.61. The maximum atomic E-state index is 11.6. The Morgan fingerprint density at radius 1 is 1.15 bits per heavy atom. The first-order valence-corrected chi connectivity index (χ1v) is 13.0. The molecule has 0 heterocycles. The zero-order chi connectivity index (χ0) is 25.0. The number of anilines is 1. The predicted molar refractivity (Wildman–Crippen MR) is 141 cm³/mol. The number of benzene rings is 1. The number of aliphatic carboxylic acids is 1. The molecule has 0 spiro atoms. The van der Waals surface area contributed by atoms with Crippen molar-refractivity contribution in [2.75, 3.05) is 18.9 Å². The molecule has 1 aromatic rings. The second kappa shape index (κ2) is 14.0. The van der Waals surface area contributed by atoms with Crippen molar-refractivity contribution in [2.45, 2.75) is 85.0 Å². The van der Waals surface area contributed by atoms with Crippen LogP contribution in [0.3, 0.4) is 0 Å². The van der Waals surface area contributed by atoms with E-state index in [1.165, 1.54) is 32.1 Å². The van der Waals surface area contributed by atoms with E-state index in [-0.39, 0.29) is 5.41 Å². The van der Waals surface area contributed by atoms with Crippen LogP contribution in [0.15, 0.2) is 47.2 Å². The summed E-state index contributed by atoms with van der Waals surface area (Å²) in [4.78, 5) is 22.1. The van der Waals surface area contributed by atoms with Crippen molar-refractivity contribution in [2.24, 2.45) is 11.3 Å². The summed E-state index contributed by atoms with van der Waals surface area (Å²) in [5, 5.41) is 16.1. The minimum Gasteiger partial charge on any atom is -0.478 e. The van der Waals surface area contributed by atoms with Crippen LogP contribution in [-0.2, 0) is 4.79 Å². The lowest BCUT2D eigenvalue weighted by Gasteiger charge is -2.22. The molecule has 0 unspecified atom stereocenters. The van der Waals surface area contributed by atoms with Crippen molar-refractivity contribution in [3.05, 3.63) is 52.7 Å². The highest BCUT2D eigenvalue weighted by Crippen LogP contribution is 2.54. The largest absolute Gasteiger partial charge is 0.478 e. The first kappa shape index (κ1) is 27.7. The molecule has 3 N–H and O–H groups in total. The standard InChI is InChI=1S/C15H25NO2.C14H19NO/c1-5-7-8-12(16-4)13(14(17)18)11(6-2)15(3)9-10-15;16-11-13-6-8-14(9-7-13)15-10-12-4-2-1-3-5-12/h6,16H,5,7-10H2,1-4H3,(H,17,18);6-9,11-12,15H,1-5,10H2/b11-6+,13-12-;. The molecule has 2 aliphatic carbocycles. The number of carboxylic acids is 1. The fraction of sp³-hybridized carbons (Fsp3) is 0.586. The van der Waals surface area contributed by atoms with E-state index < -0.39 is 5.97 Å². The van der Waals surface area contributed by atoms with Crippen LogP contribution in [0.25, 0.3) is 0 Å². The molecule has 3 rings (SSSR count). The third-order valence-electron chi connectivity index (χ3n) is 7.17. The molecular weight excluding hydrogens is 424 g/mol. The van der Waals surface area contributed by atoms with Crippen molar-refractivity contribution in [3.8, 4) is 0 Å². The first-order chi connectivity index (χ1) is 16.4. The van der Waals surface area contributed by atoms with Gasteiger partial charge in [-0.2, -0.15) is 0 Å². The van der Waals surface area contributed by atoms with Crippen molar-refractivity contribution >= 4 is 17.9 Å². The quantitative estimate of drug-likeness (QED) is 0.186. The highest BCUT2D eigenvalue weighted by molar-refractivity contribution is 5.93. The highest BCUT2D eigenvalue weighted by Gasteiger charge is 2.43. The fourth-order valence-electron chi connectivity index (χ4n) is 4.72.